The van der Waals surface area contributed by atoms with Crippen molar-refractivity contribution in [2.75, 3.05) is 14.2 Å². The topological polar surface area (TPSA) is 21.3 Å². The van der Waals surface area contributed by atoms with Crippen LogP contribution in [0.25, 0.3) is 0 Å². The number of halogens is 1. The summed E-state index contributed by atoms with van der Waals surface area (Å²) >= 11 is 6.45. The third-order valence-corrected chi connectivity index (χ3v) is 4.09. The van der Waals surface area contributed by atoms with E-state index in [1.54, 1.807) is 7.11 Å². The second-order valence-electron chi connectivity index (χ2n) is 4.93. The van der Waals surface area contributed by atoms with E-state index in [2.05, 4.69) is 23.5 Å². The van der Waals surface area contributed by atoms with Gasteiger partial charge in [-0.3, -0.25) is 0 Å². The SMILES string of the molecule is CNC(c1ccc(OC)c(C)c1)c1cccc(C)c1Cl. The second kappa shape index (κ2) is 6.29. The van der Waals surface area contributed by atoms with Gasteiger partial charge in [-0.15, -0.1) is 0 Å². The zero-order chi connectivity index (χ0) is 14.7. The van der Waals surface area contributed by atoms with Crippen molar-refractivity contribution in [1.82, 2.24) is 5.32 Å². The molecule has 2 nitrogen and oxygen atoms in total. The van der Waals surface area contributed by atoms with Crippen LogP contribution < -0.4 is 10.1 Å². The van der Waals surface area contributed by atoms with Gasteiger partial charge >= 0.3 is 0 Å². The molecular weight excluding hydrogens is 270 g/mol. The molecule has 2 rings (SSSR count). The van der Waals surface area contributed by atoms with Crippen LogP contribution in [0.5, 0.6) is 5.75 Å². The quantitative estimate of drug-likeness (QED) is 0.907. The molecule has 106 valence electrons. The van der Waals surface area contributed by atoms with Crippen LogP contribution in [-0.2, 0) is 0 Å². The molecule has 0 aliphatic heterocycles. The van der Waals surface area contributed by atoms with Crippen molar-refractivity contribution in [2.24, 2.45) is 0 Å². The number of ether oxygens (including phenoxy) is 1. The van der Waals surface area contributed by atoms with Gasteiger partial charge in [0.25, 0.3) is 0 Å². The maximum absolute atomic E-state index is 6.45. The molecule has 2 aromatic rings. The number of aryl methyl sites for hydroxylation is 2. The van der Waals surface area contributed by atoms with Gasteiger partial charge in [-0.05, 0) is 49.2 Å². The summed E-state index contributed by atoms with van der Waals surface area (Å²) < 4.78 is 5.32. The summed E-state index contributed by atoms with van der Waals surface area (Å²) in [5, 5.41) is 4.16. The highest BCUT2D eigenvalue weighted by atomic mass is 35.5. The molecule has 0 radical (unpaired) electrons. The molecule has 0 fully saturated rings. The van der Waals surface area contributed by atoms with Gasteiger partial charge in [0, 0.05) is 5.02 Å². The van der Waals surface area contributed by atoms with Gasteiger partial charge in [-0.25, -0.2) is 0 Å². The van der Waals surface area contributed by atoms with Crippen molar-refractivity contribution in [1.29, 1.82) is 0 Å². The number of methoxy groups -OCH3 is 1. The standard InChI is InChI=1S/C17H20ClNO/c1-11-6-5-7-14(16(11)18)17(19-3)13-8-9-15(20-4)12(2)10-13/h5-10,17,19H,1-4H3. The van der Waals surface area contributed by atoms with Gasteiger partial charge in [0.2, 0.25) is 0 Å². The third kappa shape index (κ3) is 2.82. The van der Waals surface area contributed by atoms with Crippen molar-refractivity contribution < 1.29 is 4.74 Å². The average molecular weight is 290 g/mol. The molecule has 0 saturated carbocycles. The highest BCUT2D eigenvalue weighted by molar-refractivity contribution is 6.32. The Morgan fingerprint density at radius 2 is 1.85 bits per heavy atom. The Labute approximate surface area is 125 Å². The third-order valence-electron chi connectivity index (χ3n) is 3.57. The van der Waals surface area contributed by atoms with Gasteiger partial charge in [0.05, 0.1) is 13.2 Å². The number of hydrogen-bond donors (Lipinski definition) is 1. The Morgan fingerprint density at radius 3 is 2.45 bits per heavy atom. The molecular formula is C17H20ClNO. The van der Waals surface area contributed by atoms with E-state index >= 15 is 0 Å². The lowest BCUT2D eigenvalue weighted by Crippen LogP contribution is -2.18. The van der Waals surface area contributed by atoms with Crippen LogP contribution >= 0.6 is 11.6 Å². The van der Waals surface area contributed by atoms with Gasteiger partial charge in [0.1, 0.15) is 5.75 Å². The zero-order valence-corrected chi connectivity index (χ0v) is 13.1. The maximum atomic E-state index is 6.45. The smallest absolute Gasteiger partial charge is 0.121 e. The number of nitrogens with one attached hydrogen (secondary N) is 1. The van der Waals surface area contributed by atoms with Gasteiger partial charge in [-0.1, -0.05) is 41.9 Å². The van der Waals surface area contributed by atoms with Crippen LogP contribution in [0.4, 0.5) is 0 Å². The van der Waals surface area contributed by atoms with E-state index in [1.807, 2.05) is 39.1 Å². The van der Waals surface area contributed by atoms with Gasteiger partial charge in [-0.2, -0.15) is 0 Å². The largest absolute Gasteiger partial charge is 0.496 e. The first-order valence-electron chi connectivity index (χ1n) is 6.65. The number of rotatable bonds is 4. The summed E-state index contributed by atoms with van der Waals surface area (Å²) in [4.78, 5) is 0. The highest BCUT2D eigenvalue weighted by Gasteiger charge is 2.16. The molecule has 0 bridgehead atoms. The van der Waals surface area contributed by atoms with Crippen LogP contribution in [0.1, 0.15) is 28.3 Å². The van der Waals surface area contributed by atoms with Crippen LogP contribution in [0.15, 0.2) is 36.4 Å². The minimum Gasteiger partial charge on any atom is -0.496 e. The molecule has 0 saturated heterocycles. The Morgan fingerprint density at radius 1 is 1.10 bits per heavy atom. The molecule has 0 aliphatic rings. The van der Waals surface area contributed by atoms with E-state index in [9.17, 15) is 0 Å². The minimum atomic E-state index is 0.0759. The zero-order valence-electron chi connectivity index (χ0n) is 12.3. The monoisotopic (exact) mass is 289 g/mol. The van der Waals surface area contributed by atoms with Gasteiger partial charge in [0.15, 0.2) is 0 Å². The lowest BCUT2D eigenvalue weighted by atomic mass is 9.96. The number of benzene rings is 2. The van der Waals surface area contributed by atoms with Gasteiger partial charge < -0.3 is 10.1 Å². The first kappa shape index (κ1) is 14.9. The molecule has 3 heteroatoms. The summed E-state index contributed by atoms with van der Waals surface area (Å²) in [6.07, 6.45) is 0. The average Bonchev–Trinajstić information content (AvgIpc) is 2.44. The van der Waals surface area contributed by atoms with Crippen molar-refractivity contribution in [2.45, 2.75) is 19.9 Å². The van der Waals surface area contributed by atoms with E-state index in [-0.39, 0.29) is 6.04 Å². The van der Waals surface area contributed by atoms with Crippen molar-refractivity contribution in [3.05, 3.63) is 63.7 Å². The van der Waals surface area contributed by atoms with E-state index in [0.29, 0.717) is 0 Å². The minimum absolute atomic E-state index is 0.0759. The number of hydrogen-bond acceptors (Lipinski definition) is 2. The fourth-order valence-electron chi connectivity index (χ4n) is 2.48. The maximum Gasteiger partial charge on any atom is 0.121 e. The second-order valence-corrected chi connectivity index (χ2v) is 5.31. The fourth-order valence-corrected chi connectivity index (χ4v) is 2.71. The molecule has 1 unspecified atom stereocenters. The molecule has 0 heterocycles. The normalized spacial score (nSPS) is 12.2. The van der Waals surface area contributed by atoms with Crippen molar-refractivity contribution >= 4 is 11.6 Å². The molecule has 0 aromatic heterocycles. The van der Waals surface area contributed by atoms with E-state index in [0.717, 1.165) is 27.5 Å². The molecule has 0 amide bonds. The molecule has 0 spiro atoms. The lowest BCUT2D eigenvalue weighted by Gasteiger charge is -2.20. The van der Waals surface area contributed by atoms with Crippen LogP contribution in [-0.4, -0.2) is 14.2 Å². The van der Waals surface area contributed by atoms with Crippen molar-refractivity contribution in [3.63, 3.8) is 0 Å². The predicted octanol–water partition coefficient (Wildman–Crippen LogP) is 4.27. The van der Waals surface area contributed by atoms with Crippen LogP contribution in [0.3, 0.4) is 0 Å². The molecule has 1 N–H and O–H groups in total. The predicted molar refractivity (Wildman–Crippen MR) is 84.8 cm³/mol. The summed E-state index contributed by atoms with van der Waals surface area (Å²) in [6, 6.07) is 12.4. The summed E-state index contributed by atoms with van der Waals surface area (Å²) in [5.74, 6) is 0.902. The Kier molecular flexibility index (Phi) is 4.69. The Hall–Kier alpha value is -1.51. The molecule has 0 aliphatic carbocycles. The van der Waals surface area contributed by atoms with E-state index in [1.165, 1.54) is 5.56 Å². The first-order chi connectivity index (χ1) is 9.58. The Balaban J connectivity index is 2.47. The Bertz CT molecular complexity index is 610. The summed E-state index contributed by atoms with van der Waals surface area (Å²) in [7, 11) is 3.64. The summed E-state index contributed by atoms with van der Waals surface area (Å²) in [5.41, 5.74) is 4.49. The molecule has 20 heavy (non-hydrogen) atoms. The first-order valence-corrected chi connectivity index (χ1v) is 7.03. The van der Waals surface area contributed by atoms with E-state index in [4.69, 9.17) is 16.3 Å². The fraction of sp³-hybridized carbons (Fsp3) is 0.294. The van der Waals surface area contributed by atoms with Crippen molar-refractivity contribution in [3.8, 4) is 5.75 Å². The molecule has 2 aromatic carbocycles. The molecule has 1 atom stereocenters. The van der Waals surface area contributed by atoms with Crippen LogP contribution in [0.2, 0.25) is 5.02 Å². The highest BCUT2D eigenvalue weighted by Crippen LogP contribution is 2.32. The van der Waals surface area contributed by atoms with Crippen LogP contribution in [0, 0.1) is 13.8 Å². The lowest BCUT2D eigenvalue weighted by molar-refractivity contribution is 0.411. The summed E-state index contributed by atoms with van der Waals surface area (Å²) in [6.45, 7) is 4.07. The van der Waals surface area contributed by atoms with E-state index < -0.39 is 0 Å².